The fourth-order valence-electron chi connectivity index (χ4n) is 0.709. The molecule has 0 aliphatic carbocycles. The molecule has 0 unspecified atom stereocenters. The molecule has 0 amide bonds. The van der Waals surface area contributed by atoms with Gasteiger partial charge in [-0.3, -0.25) is 4.79 Å². The Kier molecular flexibility index (Phi) is 7.09. The van der Waals surface area contributed by atoms with Crippen molar-refractivity contribution in [3.63, 3.8) is 0 Å². The number of Topliss-reactive ketones (excluding diaryl/α,β-unsaturated/α-hetero) is 1. The Bertz CT molecular complexity index is 216. The Morgan fingerprint density at radius 2 is 1.71 bits per heavy atom. The summed E-state index contributed by atoms with van der Waals surface area (Å²) in [5.74, 6) is 5.02. The van der Waals surface area contributed by atoms with Crippen molar-refractivity contribution >= 4 is 5.78 Å². The number of hydrogen-bond donors (Lipinski definition) is 0. The number of carbonyl (C=O) groups excluding carboxylic acids is 1. The fourth-order valence-corrected chi connectivity index (χ4v) is 0.709. The Labute approximate surface area is 85.8 Å². The second-order valence-electron chi connectivity index (χ2n) is 3.03. The van der Waals surface area contributed by atoms with Crippen LogP contribution < -0.4 is 0 Å². The molecule has 0 aliphatic rings. The van der Waals surface area contributed by atoms with Gasteiger partial charge in [0.15, 0.2) is 0 Å². The van der Waals surface area contributed by atoms with Crippen LogP contribution in [0.15, 0.2) is 0 Å². The fraction of sp³-hybridized carbons (Fsp3) is 0.727. The molecule has 0 bridgehead atoms. The van der Waals surface area contributed by atoms with Gasteiger partial charge in [0.2, 0.25) is 12.1 Å². The van der Waals surface area contributed by atoms with Gasteiger partial charge >= 0.3 is 0 Å². The minimum atomic E-state index is -0.576. The van der Waals surface area contributed by atoms with E-state index in [9.17, 15) is 4.79 Å². The number of ether oxygens (including phenoxy) is 2. The average Bonchev–Trinajstić information content (AvgIpc) is 2.14. The monoisotopic (exact) mass is 198 g/mol. The molecule has 0 heterocycles. The van der Waals surface area contributed by atoms with E-state index in [2.05, 4.69) is 11.8 Å². The first-order chi connectivity index (χ1) is 6.61. The van der Waals surface area contributed by atoms with E-state index in [4.69, 9.17) is 9.47 Å². The van der Waals surface area contributed by atoms with Gasteiger partial charge in [0.05, 0.1) is 0 Å². The van der Waals surface area contributed by atoms with Crippen LogP contribution >= 0.6 is 0 Å². The van der Waals surface area contributed by atoms with E-state index < -0.39 is 6.29 Å². The molecule has 0 saturated heterocycles. The van der Waals surface area contributed by atoms with Crippen molar-refractivity contribution in [2.24, 2.45) is 5.92 Å². The Morgan fingerprint density at radius 3 is 2.07 bits per heavy atom. The van der Waals surface area contributed by atoms with Crippen LogP contribution in [0.3, 0.4) is 0 Å². The van der Waals surface area contributed by atoms with Crippen LogP contribution in [-0.4, -0.2) is 25.3 Å². The predicted octanol–water partition coefficient (Wildman–Crippen LogP) is 1.61. The zero-order valence-corrected chi connectivity index (χ0v) is 9.29. The Balaban J connectivity index is 4.18. The van der Waals surface area contributed by atoms with Gasteiger partial charge < -0.3 is 9.47 Å². The van der Waals surface area contributed by atoms with E-state index in [0.717, 1.165) is 0 Å². The molecule has 0 aliphatic heterocycles. The molecule has 0 N–H and O–H groups in total. The Morgan fingerprint density at radius 1 is 1.21 bits per heavy atom. The molecule has 0 spiro atoms. The average molecular weight is 198 g/mol. The van der Waals surface area contributed by atoms with E-state index in [-0.39, 0.29) is 11.7 Å². The molecular formula is C11H18O3. The molecule has 3 heteroatoms. The van der Waals surface area contributed by atoms with Crippen LogP contribution in [0.4, 0.5) is 0 Å². The summed E-state index contributed by atoms with van der Waals surface area (Å²) in [4.78, 5) is 11.2. The van der Waals surface area contributed by atoms with E-state index in [0.29, 0.717) is 13.2 Å². The first-order valence-corrected chi connectivity index (χ1v) is 4.90. The number of carbonyl (C=O) groups is 1. The van der Waals surface area contributed by atoms with E-state index in [1.165, 1.54) is 0 Å². The summed E-state index contributed by atoms with van der Waals surface area (Å²) >= 11 is 0. The summed E-state index contributed by atoms with van der Waals surface area (Å²) in [5.41, 5.74) is 0. The summed E-state index contributed by atoms with van der Waals surface area (Å²) in [6, 6.07) is 0. The van der Waals surface area contributed by atoms with Crippen LogP contribution in [0.1, 0.15) is 27.7 Å². The van der Waals surface area contributed by atoms with Gasteiger partial charge in [-0.15, -0.1) is 0 Å². The zero-order valence-electron chi connectivity index (χ0n) is 9.29. The standard InChI is InChI=1S/C11H18O3/c1-5-13-11(14-6-2)8-7-10(12)9(3)4/h9,11H,5-6H2,1-4H3. The third-order valence-corrected chi connectivity index (χ3v) is 1.47. The van der Waals surface area contributed by atoms with Gasteiger partial charge in [-0.25, -0.2) is 0 Å². The molecule has 0 radical (unpaired) electrons. The lowest BCUT2D eigenvalue weighted by molar-refractivity contribution is -0.116. The van der Waals surface area contributed by atoms with Crippen molar-refractivity contribution < 1.29 is 14.3 Å². The second kappa shape index (κ2) is 7.54. The highest BCUT2D eigenvalue weighted by molar-refractivity contribution is 5.96. The van der Waals surface area contributed by atoms with Crippen LogP contribution in [0.25, 0.3) is 0 Å². The molecule has 0 fully saturated rings. The molecule has 0 rings (SSSR count). The van der Waals surface area contributed by atoms with Gasteiger partial charge in [0.1, 0.15) is 0 Å². The smallest absolute Gasteiger partial charge is 0.222 e. The summed E-state index contributed by atoms with van der Waals surface area (Å²) in [6.07, 6.45) is -0.576. The molecule has 14 heavy (non-hydrogen) atoms. The third-order valence-electron chi connectivity index (χ3n) is 1.47. The maximum absolute atomic E-state index is 11.2. The predicted molar refractivity (Wildman–Crippen MR) is 54.7 cm³/mol. The van der Waals surface area contributed by atoms with Crippen molar-refractivity contribution in [2.75, 3.05) is 13.2 Å². The highest BCUT2D eigenvalue weighted by Crippen LogP contribution is 1.95. The third kappa shape index (κ3) is 5.74. The lowest BCUT2D eigenvalue weighted by atomic mass is 10.1. The van der Waals surface area contributed by atoms with Crippen LogP contribution in [0.5, 0.6) is 0 Å². The number of hydrogen-bond acceptors (Lipinski definition) is 3. The summed E-state index contributed by atoms with van der Waals surface area (Å²) in [6.45, 7) is 8.39. The minimum absolute atomic E-state index is 0.0635. The summed E-state index contributed by atoms with van der Waals surface area (Å²) in [5, 5.41) is 0. The maximum Gasteiger partial charge on any atom is 0.222 e. The largest absolute Gasteiger partial charge is 0.342 e. The zero-order chi connectivity index (χ0) is 11.0. The first-order valence-electron chi connectivity index (χ1n) is 4.90. The Hall–Kier alpha value is -0.850. The minimum Gasteiger partial charge on any atom is -0.342 e. The lowest BCUT2D eigenvalue weighted by Gasteiger charge is -2.09. The molecular weight excluding hydrogens is 180 g/mol. The molecule has 0 saturated carbocycles. The number of rotatable bonds is 5. The second-order valence-corrected chi connectivity index (χ2v) is 3.03. The van der Waals surface area contributed by atoms with Crippen LogP contribution in [-0.2, 0) is 14.3 Å². The first kappa shape index (κ1) is 13.2. The van der Waals surface area contributed by atoms with Crippen molar-refractivity contribution in [1.82, 2.24) is 0 Å². The van der Waals surface area contributed by atoms with Gasteiger partial charge in [0.25, 0.3) is 0 Å². The van der Waals surface area contributed by atoms with Gasteiger partial charge in [-0.2, -0.15) is 0 Å². The molecule has 3 nitrogen and oxygen atoms in total. The van der Waals surface area contributed by atoms with E-state index >= 15 is 0 Å². The maximum atomic E-state index is 11.2. The van der Waals surface area contributed by atoms with E-state index in [1.807, 2.05) is 27.7 Å². The molecule has 0 aromatic rings. The van der Waals surface area contributed by atoms with Crippen LogP contribution in [0.2, 0.25) is 0 Å². The van der Waals surface area contributed by atoms with Gasteiger partial charge in [0, 0.05) is 19.1 Å². The summed E-state index contributed by atoms with van der Waals surface area (Å²) in [7, 11) is 0. The van der Waals surface area contributed by atoms with Gasteiger partial charge in [-0.05, 0) is 25.7 Å². The topological polar surface area (TPSA) is 35.5 Å². The van der Waals surface area contributed by atoms with Crippen molar-refractivity contribution in [3.05, 3.63) is 0 Å². The SMILES string of the molecule is CCOC(C#CC(=O)C(C)C)OCC. The lowest BCUT2D eigenvalue weighted by Crippen LogP contribution is -2.15. The number of ketones is 1. The van der Waals surface area contributed by atoms with Crippen molar-refractivity contribution in [2.45, 2.75) is 34.0 Å². The van der Waals surface area contributed by atoms with Crippen LogP contribution in [0, 0.1) is 17.8 Å². The van der Waals surface area contributed by atoms with Gasteiger partial charge in [-0.1, -0.05) is 13.8 Å². The quantitative estimate of drug-likeness (QED) is 0.382. The van der Waals surface area contributed by atoms with Crippen molar-refractivity contribution in [1.29, 1.82) is 0 Å². The normalized spacial score (nSPS) is 10.1. The molecule has 0 aromatic carbocycles. The molecule has 0 atom stereocenters. The highest BCUT2D eigenvalue weighted by Gasteiger charge is 2.05. The molecule has 80 valence electrons. The molecule has 0 aromatic heterocycles. The summed E-state index contributed by atoms with van der Waals surface area (Å²) < 4.78 is 10.3. The van der Waals surface area contributed by atoms with Crippen molar-refractivity contribution in [3.8, 4) is 11.8 Å². The van der Waals surface area contributed by atoms with E-state index in [1.54, 1.807) is 0 Å². The highest BCUT2D eigenvalue weighted by atomic mass is 16.7.